The van der Waals surface area contributed by atoms with E-state index in [4.69, 9.17) is 15.2 Å². The number of hydrogen-bond donors (Lipinski definition) is 2. The van der Waals surface area contributed by atoms with Gasteiger partial charge in [-0.25, -0.2) is 4.79 Å². The second-order valence-electron chi connectivity index (χ2n) is 4.93. The van der Waals surface area contributed by atoms with Gasteiger partial charge in [-0.3, -0.25) is 9.59 Å². The van der Waals surface area contributed by atoms with Crippen LogP contribution in [0.4, 0.5) is 0 Å². The van der Waals surface area contributed by atoms with Gasteiger partial charge >= 0.3 is 11.9 Å². The summed E-state index contributed by atoms with van der Waals surface area (Å²) in [6.07, 6.45) is 0.142. The zero-order valence-corrected chi connectivity index (χ0v) is 14.4. The van der Waals surface area contributed by atoms with Gasteiger partial charge in [-0.1, -0.05) is 13.8 Å². The molecule has 0 saturated carbocycles. The van der Waals surface area contributed by atoms with Crippen LogP contribution in [-0.4, -0.2) is 43.1 Å². The van der Waals surface area contributed by atoms with Gasteiger partial charge in [0.1, 0.15) is 6.04 Å². The minimum absolute atomic E-state index is 0. The normalized spacial score (nSPS) is 12.8. The van der Waals surface area contributed by atoms with Gasteiger partial charge in [0.15, 0.2) is 0 Å². The summed E-state index contributed by atoms with van der Waals surface area (Å²) in [5, 5.41) is 2.53. The van der Waals surface area contributed by atoms with Crippen LogP contribution < -0.4 is 11.1 Å². The molecule has 0 radical (unpaired) electrons. The highest BCUT2D eigenvalue weighted by molar-refractivity contribution is 5.87. The fourth-order valence-corrected chi connectivity index (χ4v) is 1.56. The van der Waals surface area contributed by atoms with E-state index in [1.807, 2.05) is 13.8 Å². The van der Waals surface area contributed by atoms with Crippen LogP contribution in [0, 0.1) is 5.92 Å². The number of halogens is 1. The van der Waals surface area contributed by atoms with E-state index in [-0.39, 0.29) is 44.4 Å². The topological polar surface area (TPSA) is 108 Å². The number of carbonyl (C=O) groups excluding carboxylic acids is 3. The Morgan fingerprint density at radius 3 is 2.09 bits per heavy atom. The summed E-state index contributed by atoms with van der Waals surface area (Å²) in [6.45, 7) is 7.45. The Labute approximate surface area is 137 Å². The molecule has 0 saturated heterocycles. The van der Waals surface area contributed by atoms with Gasteiger partial charge in [-0.2, -0.15) is 0 Å². The SMILES string of the molecule is CCOC(=O)CC[C@@H](NC(=O)[C@@H](N)C(C)C)C(=O)OCC.Cl. The summed E-state index contributed by atoms with van der Waals surface area (Å²) in [4.78, 5) is 35.1. The zero-order chi connectivity index (χ0) is 16.4. The van der Waals surface area contributed by atoms with Crippen LogP contribution in [0.15, 0.2) is 0 Å². The summed E-state index contributed by atoms with van der Waals surface area (Å²) >= 11 is 0. The smallest absolute Gasteiger partial charge is 0.328 e. The van der Waals surface area contributed by atoms with Gasteiger partial charge in [-0.05, 0) is 26.2 Å². The van der Waals surface area contributed by atoms with Crippen LogP contribution in [0.3, 0.4) is 0 Å². The van der Waals surface area contributed by atoms with Crippen LogP contribution in [0.2, 0.25) is 0 Å². The standard InChI is InChI=1S/C14H26N2O5.ClH/c1-5-20-11(17)8-7-10(14(19)21-6-2)16-13(18)12(15)9(3)4;/h9-10,12H,5-8,15H2,1-4H3,(H,16,18);1H/t10-,12+;/m1./s1. The molecule has 130 valence electrons. The second-order valence-corrected chi connectivity index (χ2v) is 4.93. The molecule has 8 heteroatoms. The Kier molecular flexibility index (Phi) is 12.7. The van der Waals surface area contributed by atoms with E-state index in [1.165, 1.54) is 0 Å². The lowest BCUT2D eigenvalue weighted by Crippen LogP contribution is -2.50. The summed E-state index contributed by atoms with van der Waals surface area (Å²) < 4.78 is 9.69. The van der Waals surface area contributed by atoms with E-state index in [1.54, 1.807) is 13.8 Å². The van der Waals surface area contributed by atoms with Crippen molar-refractivity contribution in [2.24, 2.45) is 11.7 Å². The number of amides is 1. The molecule has 1 amide bonds. The average Bonchev–Trinajstić information content (AvgIpc) is 2.42. The number of hydrogen-bond acceptors (Lipinski definition) is 6. The monoisotopic (exact) mass is 338 g/mol. The lowest BCUT2D eigenvalue weighted by atomic mass is 10.0. The number of nitrogens with one attached hydrogen (secondary N) is 1. The predicted molar refractivity (Wildman–Crippen MR) is 84.5 cm³/mol. The van der Waals surface area contributed by atoms with Gasteiger partial charge in [-0.15, -0.1) is 12.4 Å². The first-order valence-corrected chi connectivity index (χ1v) is 7.21. The highest BCUT2D eigenvalue weighted by Gasteiger charge is 2.26. The maximum absolute atomic E-state index is 11.9. The molecule has 0 aromatic carbocycles. The molecule has 0 aliphatic heterocycles. The van der Waals surface area contributed by atoms with Crippen LogP contribution >= 0.6 is 12.4 Å². The second kappa shape index (κ2) is 12.2. The summed E-state index contributed by atoms with van der Waals surface area (Å²) in [6, 6.07) is -1.61. The largest absolute Gasteiger partial charge is 0.466 e. The van der Waals surface area contributed by atoms with Crippen molar-refractivity contribution >= 4 is 30.3 Å². The Balaban J connectivity index is 0. The Bertz CT molecular complexity index is 363. The molecule has 0 aliphatic rings. The first-order chi connectivity index (χ1) is 9.83. The predicted octanol–water partition coefficient (Wildman–Crippen LogP) is 0.783. The highest BCUT2D eigenvalue weighted by Crippen LogP contribution is 2.05. The molecular weight excluding hydrogens is 312 g/mol. The molecule has 7 nitrogen and oxygen atoms in total. The molecule has 0 rings (SSSR count). The summed E-state index contributed by atoms with van der Waals surface area (Å²) in [7, 11) is 0. The van der Waals surface area contributed by atoms with E-state index in [0.29, 0.717) is 0 Å². The summed E-state index contributed by atoms with van der Waals surface area (Å²) in [5.74, 6) is -1.50. The van der Waals surface area contributed by atoms with E-state index in [9.17, 15) is 14.4 Å². The fourth-order valence-electron chi connectivity index (χ4n) is 1.56. The van der Waals surface area contributed by atoms with Crippen molar-refractivity contribution in [3.8, 4) is 0 Å². The molecule has 2 atom stereocenters. The number of nitrogens with two attached hydrogens (primary N) is 1. The number of ether oxygens (including phenoxy) is 2. The molecule has 0 unspecified atom stereocenters. The van der Waals surface area contributed by atoms with Crippen molar-refractivity contribution in [3.05, 3.63) is 0 Å². The van der Waals surface area contributed by atoms with Crippen molar-refractivity contribution in [1.29, 1.82) is 0 Å². The van der Waals surface area contributed by atoms with E-state index >= 15 is 0 Å². The molecule has 0 heterocycles. The van der Waals surface area contributed by atoms with Gasteiger partial charge in [0.05, 0.1) is 19.3 Å². The Morgan fingerprint density at radius 2 is 1.64 bits per heavy atom. The zero-order valence-electron chi connectivity index (χ0n) is 13.6. The Morgan fingerprint density at radius 1 is 1.09 bits per heavy atom. The molecule has 0 aromatic rings. The lowest BCUT2D eigenvalue weighted by Gasteiger charge is -2.21. The maximum atomic E-state index is 11.9. The third-order valence-electron chi connectivity index (χ3n) is 2.85. The average molecular weight is 339 g/mol. The van der Waals surface area contributed by atoms with Crippen molar-refractivity contribution in [2.45, 2.75) is 52.6 Å². The first-order valence-electron chi connectivity index (χ1n) is 7.21. The molecular formula is C14H27ClN2O5. The molecule has 0 bridgehead atoms. The lowest BCUT2D eigenvalue weighted by molar-refractivity contribution is -0.149. The van der Waals surface area contributed by atoms with E-state index < -0.39 is 29.9 Å². The van der Waals surface area contributed by atoms with E-state index in [0.717, 1.165) is 0 Å². The molecule has 0 aromatic heterocycles. The van der Waals surface area contributed by atoms with Crippen molar-refractivity contribution in [1.82, 2.24) is 5.32 Å². The van der Waals surface area contributed by atoms with Gasteiger partial charge in [0, 0.05) is 6.42 Å². The van der Waals surface area contributed by atoms with Crippen molar-refractivity contribution in [2.75, 3.05) is 13.2 Å². The maximum Gasteiger partial charge on any atom is 0.328 e. The van der Waals surface area contributed by atoms with Crippen LogP contribution in [0.5, 0.6) is 0 Å². The first kappa shape index (κ1) is 22.9. The van der Waals surface area contributed by atoms with Crippen LogP contribution in [-0.2, 0) is 23.9 Å². The van der Waals surface area contributed by atoms with Gasteiger partial charge in [0.25, 0.3) is 0 Å². The third kappa shape index (κ3) is 8.84. The van der Waals surface area contributed by atoms with Gasteiger partial charge in [0.2, 0.25) is 5.91 Å². The van der Waals surface area contributed by atoms with Crippen LogP contribution in [0.25, 0.3) is 0 Å². The minimum atomic E-state index is -0.897. The highest BCUT2D eigenvalue weighted by atomic mass is 35.5. The van der Waals surface area contributed by atoms with Gasteiger partial charge < -0.3 is 20.5 Å². The van der Waals surface area contributed by atoms with Crippen LogP contribution in [0.1, 0.15) is 40.5 Å². The molecule has 22 heavy (non-hydrogen) atoms. The third-order valence-corrected chi connectivity index (χ3v) is 2.85. The number of rotatable bonds is 9. The molecule has 3 N–H and O–H groups in total. The molecule has 0 aliphatic carbocycles. The number of esters is 2. The quantitative estimate of drug-likeness (QED) is 0.601. The van der Waals surface area contributed by atoms with Crippen molar-refractivity contribution in [3.63, 3.8) is 0 Å². The van der Waals surface area contributed by atoms with Crippen molar-refractivity contribution < 1.29 is 23.9 Å². The molecule has 0 spiro atoms. The minimum Gasteiger partial charge on any atom is -0.466 e. The number of carbonyl (C=O) groups is 3. The summed E-state index contributed by atoms with van der Waals surface area (Å²) in [5.41, 5.74) is 5.73. The van der Waals surface area contributed by atoms with E-state index in [2.05, 4.69) is 5.32 Å². The Hall–Kier alpha value is -1.34. The molecule has 0 fully saturated rings. The fraction of sp³-hybridized carbons (Fsp3) is 0.786.